The SMILES string of the molecule is COc1cc(C2C[C@H]2c2cc(-c3nc4nc(C)cc(C)n4n3)n(C)n2)ccn1. The highest BCUT2D eigenvalue weighted by atomic mass is 16.5. The number of fused-ring (bicyclic) bond motifs is 1. The lowest BCUT2D eigenvalue weighted by atomic mass is 10.1. The number of aryl methyl sites for hydroxylation is 3. The van der Waals surface area contributed by atoms with E-state index in [2.05, 4.69) is 32.2 Å². The average Bonchev–Trinajstić information content (AvgIpc) is 3.22. The molecule has 4 aromatic heterocycles. The van der Waals surface area contributed by atoms with Gasteiger partial charge in [-0.25, -0.2) is 14.5 Å². The molecule has 0 bridgehead atoms. The van der Waals surface area contributed by atoms with Gasteiger partial charge in [-0.3, -0.25) is 4.68 Å². The molecule has 8 heteroatoms. The molecule has 2 atom stereocenters. The number of aromatic nitrogens is 7. The van der Waals surface area contributed by atoms with Crippen LogP contribution in [0.25, 0.3) is 17.3 Å². The predicted molar refractivity (Wildman–Crippen MR) is 103 cm³/mol. The summed E-state index contributed by atoms with van der Waals surface area (Å²) in [7, 11) is 3.57. The van der Waals surface area contributed by atoms with E-state index in [0.29, 0.717) is 29.3 Å². The maximum absolute atomic E-state index is 5.25. The van der Waals surface area contributed by atoms with E-state index in [4.69, 9.17) is 9.84 Å². The Hall–Kier alpha value is -3.29. The number of hydrogen-bond acceptors (Lipinski definition) is 6. The molecule has 0 aromatic carbocycles. The lowest BCUT2D eigenvalue weighted by molar-refractivity contribution is 0.397. The maximum Gasteiger partial charge on any atom is 0.253 e. The molecule has 1 aliphatic rings. The molecule has 4 heterocycles. The Kier molecular flexibility index (Phi) is 3.68. The minimum absolute atomic E-state index is 0.395. The zero-order valence-corrected chi connectivity index (χ0v) is 16.3. The van der Waals surface area contributed by atoms with Gasteiger partial charge < -0.3 is 4.74 Å². The van der Waals surface area contributed by atoms with Gasteiger partial charge in [0.1, 0.15) is 5.69 Å². The first kappa shape index (κ1) is 16.9. The van der Waals surface area contributed by atoms with Crippen LogP contribution >= 0.6 is 0 Å². The Morgan fingerprint density at radius 1 is 1.07 bits per heavy atom. The second-order valence-electron chi connectivity index (χ2n) is 7.34. The smallest absolute Gasteiger partial charge is 0.253 e. The molecular formula is C20H21N7O. The Balaban J connectivity index is 1.46. The van der Waals surface area contributed by atoms with Crippen molar-refractivity contribution in [3.8, 4) is 17.4 Å². The van der Waals surface area contributed by atoms with Gasteiger partial charge in [-0.05, 0) is 49.9 Å². The highest BCUT2D eigenvalue weighted by molar-refractivity contribution is 5.54. The highest BCUT2D eigenvalue weighted by Crippen LogP contribution is 2.54. The topological polar surface area (TPSA) is 83.0 Å². The minimum atomic E-state index is 0.395. The molecular weight excluding hydrogens is 354 g/mol. The standard InChI is InChI=1S/C20H21N7O/c1-11-7-12(2)27-20(22-11)23-19(25-27)17-10-16(24-26(17)3)15-9-14(15)13-5-6-21-18(8-13)28-4/h5-8,10,14-15H,9H2,1-4H3/t14?,15-/m1/s1. The molecule has 28 heavy (non-hydrogen) atoms. The summed E-state index contributed by atoms with van der Waals surface area (Å²) in [5.41, 5.74) is 5.15. The predicted octanol–water partition coefficient (Wildman–Crippen LogP) is 2.82. The number of hydrogen-bond donors (Lipinski definition) is 0. The number of methoxy groups -OCH3 is 1. The highest BCUT2D eigenvalue weighted by Gasteiger charge is 2.42. The third-order valence-electron chi connectivity index (χ3n) is 5.31. The third-order valence-corrected chi connectivity index (χ3v) is 5.31. The quantitative estimate of drug-likeness (QED) is 0.545. The fourth-order valence-corrected chi connectivity index (χ4v) is 3.81. The first-order valence-corrected chi connectivity index (χ1v) is 9.29. The second-order valence-corrected chi connectivity index (χ2v) is 7.34. The van der Waals surface area contributed by atoms with E-state index in [1.165, 1.54) is 5.56 Å². The number of ether oxygens (including phenoxy) is 1. The first-order valence-electron chi connectivity index (χ1n) is 9.29. The van der Waals surface area contributed by atoms with Gasteiger partial charge in [-0.15, -0.1) is 5.10 Å². The summed E-state index contributed by atoms with van der Waals surface area (Å²) >= 11 is 0. The number of pyridine rings is 1. The molecule has 8 nitrogen and oxygen atoms in total. The van der Waals surface area contributed by atoms with E-state index >= 15 is 0 Å². The van der Waals surface area contributed by atoms with Crippen molar-refractivity contribution in [2.24, 2.45) is 7.05 Å². The monoisotopic (exact) mass is 375 g/mol. The maximum atomic E-state index is 5.25. The van der Waals surface area contributed by atoms with Crippen LogP contribution < -0.4 is 4.74 Å². The van der Waals surface area contributed by atoms with Gasteiger partial charge in [0.15, 0.2) is 0 Å². The summed E-state index contributed by atoms with van der Waals surface area (Å²) in [6.07, 6.45) is 2.87. The van der Waals surface area contributed by atoms with Crippen molar-refractivity contribution in [2.75, 3.05) is 7.11 Å². The number of rotatable bonds is 4. The lowest BCUT2D eigenvalue weighted by Crippen LogP contribution is -1.98. The third kappa shape index (κ3) is 2.72. The van der Waals surface area contributed by atoms with Gasteiger partial charge >= 0.3 is 0 Å². The summed E-state index contributed by atoms with van der Waals surface area (Å²) in [4.78, 5) is 13.3. The fraction of sp³-hybridized carbons (Fsp3) is 0.350. The van der Waals surface area contributed by atoms with Crippen LogP contribution in [0.1, 0.15) is 40.9 Å². The fourth-order valence-electron chi connectivity index (χ4n) is 3.81. The van der Waals surface area contributed by atoms with E-state index in [9.17, 15) is 0 Å². The van der Waals surface area contributed by atoms with Gasteiger partial charge in [0, 0.05) is 36.6 Å². The first-order chi connectivity index (χ1) is 13.5. The van der Waals surface area contributed by atoms with E-state index in [0.717, 1.165) is 29.2 Å². The molecule has 0 aliphatic heterocycles. The lowest BCUT2D eigenvalue weighted by Gasteiger charge is -2.02. The molecule has 4 aromatic rings. The van der Waals surface area contributed by atoms with Crippen LogP contribution in [0.4, 0.5) is 0 Å². The molecule has 0 saturated heterocycles. The van der Waals surface area contributed by atoms with Crippen molar-refractivity contribution in [3.63, 3.8) is 0 Å². The summed E-state index contributed by atoms with van der Waals surface area (Å²) in [6.45, 7) is 3.97. The summed E-state index contributed by atoms with van der Waals surface area (Å²) in [5.74, 6) is 2.75. The van der Waals surface area contributed by atoms with Gasteiger partial charge in [0.25, 0.3) is 5.78 Å². The molecule has 5 rings (SSSR count). The Labute approximate surface area is 162 Å². The molecule has 1 aliphatic carbocycles. The van der Waals surface area contributed by atoms with Gasteiger partial charge in [-0.1, -0.05) is 0 Å². The molecule has 142 valence electrons. The summed E-state index contributed by atoms with van der Waals surface area (Å²) < 4.78 is 8.88. The largest absolute Gasteiger partial charge is 0.481 e. The molecule has 1 unspecified atom stereocenters. The van der Waals surface area contributed by atoms with Crippen LogP contribution in [-0.2, 0) is 7.05 Å². The minimum Gasteiger partial charge on any atom is -0.481 e. The van der Waals surface area contributed by atoms with Crippen molar-refractivity contribution in [2.45, 2.75) is 32.1 Å². The summed E-state index contributed by atoms with van der Waals surface area (Å²) in [5, 5.41) is 9.37. The van der Waals surface area contributed by atoms with Crippen LogP contribution in [-0.4, -0.2) is 41.5 Å². The average molecular weight is 375 g/mol. The molecule has 1 fully saturated rings. The molecule has 0 amide bonds. The molecule has 1 saturated carbocycles. The molecule has 0 N–H and O–H groups in total. The van der Waals surface area contributed by atoms with Crippen LogP contribution in [0.2, 0.25) is 0 Å². The Morgan fingerprint density at radius 2 is 1.93 bits per heavy atom. The van der Waals surface area contributed by atoms with Crippen molar-refractivity contribution < 1.29 is 4.74 Å². The van der Waals surface area contributed by atoms with Gasteiger partial charge in [0.05, 0.1) is 12.8 Å². The molecule has 0 radical (unpaired) electrons. The van der Waals surface area contributed by atoms with E-state index in [-0.39, 0.29) is 0 Å². The summed E-state index contributed by atoms with van der Waals surface area (Å²) in [6, 6.07) is 8.16. The zero-order chi connectivity index (χ0) is 19.4. The second kappa shape index (κ2) is 6.12. The normalized spacial score (nSPS) is 18.6. The van der Waals surface area contributed by atoms with E-state index < -0.39 is 0 Å². The van der Waals surface area contributed by atoms with E-state index in [1.807, 2.05) is 37.7 Å². The van der Waals surface area contributed by atoms with Gasteiger partial charge in [0.2, 0.25) is 11.7 Å². The van der Waals surface area contributed by atoms with E-state index in [1.54, 1.807) is 17.8 Å². The number of nitrogens with zero attached hydrogens (tertiary/aromatic N) is 7. The zero-order valence-electron chi connectivity index (χ0n) is 16.3. The Morgan fingerprint density at radius 3 is 2.75 bits per heavy atom. The van der Waals surface area contributed by atoms with Crippen molar-refractivity contribution in [1.82, 2.24) is 34.3 Å². The van der Waals surface area contributed by atoms with Crippen LogP contribution in [0, 0.1) is 13.8 Å². The van der Waals surface area contributed by atoms with Crippen molar-refractivity contribution in [1.29, 1.82) is 0 Å². The van der Waals surface area contributed by atoms with Crippen molar-refractivity contribution >= 4 is 5.78 Å². The van der Waals surface area contributed by atoms with Crippen LogP contribution in [0.15, 0.2) is 30.5 Å². The Bertz CT molecular complexity index is 1190. The van der Waals surface area contributed by atoms with Gasteiger partial charge in [-0.2, -0.15) is 10.1 Å². The van der Waals surface area contributed by atoms with Crippen LogP contribution in [0.5, 0.6) is 5.88 Å². The molecule has 0 spiro atoms. The van der Waals surface area contributed by atoms with Crippen molar-refractivity contribution in [3.05, 3.63) is 53.1 Å². The van der Waals surface area contributed by atoms with Crippen LogP contribution in [0.3, 0.4) is 0 Å².